The quantitative estimate of drug-likeness (QED) is 0.626. The highest BCUT2D eigenvalue weighted by Gasteiger charge is 2.04. The Kier molecular flexibility index (Phi) is 5.22. The van der Waals surface area contributed by atoms with Crippen LogP contribution in [0, 0.1) is 5.92 Å². The van der Waals surface area contributed by atoms with Gasteiger partial charge in [0.2, 0.25) is 0 Å². The van der Waals surface area contributed by atoms with E-state index in [0.717, 1.165) is 12.8 Å². The number of ketones is 1. The van der Waals surface area contributed by atoms with Gasteiger partial charge in [0.05, 0.1) is 6.54 Å². The van der Waals surface area contributed by atoms with Crippen molar-refractivity contribution in [2.45, 2.75) is 26.7 Å². The minimum atomic E-state index is 0.317. The van der Waals surface area contributed by atoms with E-state index < -0.39 is 0 Å². The minimum Gasteiger partial charge on any atom is -0.313 e. The molecule has 1 atom stereocenters. The molecule has 0 fully saturated rings. The van der Waals surface area contributed by atoms with Crippen molar-refractivity contribution < 1.29 is 4.79 Å². The molecule has 10 heavy (non-hydrogen) atoms. The molecular weight excluding hydrogens is 126 g/mol. The Morgan fingerprint density at radius 2 is 2.20 bits per heavy atom. The first-order valence-corrected chi connectivity index (χ1v) is 3.87. The molecule has 0 rings (SSSR count). The van der Waals surface area contributed by atoms with E-state index in [1.54, 1.807) is 7.05 Å². The molecule has 0 saturated heterocycles. The second kappa shape index (κ2) is 5.42. The smallest absolute Gasteiger partial charge is 0.146 e. The molecule has 0 heterocycles. The van der Waals surface area contributed by atoms with E-state index in [0.29, 0.717) is 18.2 Å². The molecule has 0 saturated carbocycles. The summed E-state index contributed by atoms with van der Waals surface area (Å²) in [4.78, 5) is 10.9. The summed E-state index contributed by atoms with van der Waals surface area (Å²) in [5.41, 5.74) is 0. The predicted octanol–water partition coefficient (Wildman–Crippen LogP) is 1.21. The van der Waals surface area contributed by atoms with Crippen molar-refractivity contribution in [1.82, 2.24) is 5.32 Å². The maximum absolute atomic E-state index is 10.9. The number of Topliss-reactive ketones (excluding diaryl/α,β-unsaturated/α-hetero) is 1. The normalized spacial score (nSPS) is 13.1. The fourth-order valence-corrected chi connectivity index (χ4v) is 0.802. The van der Waals surface area contributed by atoms with Crippen LogP contribution in [-0.4, -0.2) is 19.4 Å². The molecule has 2 heteroatoms. The second-order valence-electron chi connectivity index (χ2n) is 2.79. The Labute approximate surface area is 63.0 Å². The standard InChI is InChI=1S/C8H17NO/c1-4-7(2)5-8(10)6-9-3/h7,9H,4-6H2,1-3H3. The molecule has 0 aromatic heterocycles. The summed E-state index contributed by atoms with van der Waals surface area (Å²) in [6.45, 7) is 4.73. The van der Waals surface area contributed by atoms with Crippen LogP contribution in [0.25, 0.3) is 0 Å². The van der Waals surface area contributed by atoms with E-state index in [4.69, 9.17) is 0 Å². The van der Waals surface area contributed by atoms with Crippen LogP contribution >= 0.6 is 0 Å². The van der Waals surface area contributed by atoms with Gasteiger partial charge in [0.25, 0.3) is 0 Å². The molecule has 0 bridgehead atoms. The third-order valence-corrected chi connectivity index (χ3v) is 1.65. The lowest BCUT2D eigenvalue weighted by Crippen LogP contribution is -2.20. The largest absolute Gasteiger partial charge is 0.313 e. The summed E-state index contributed by atoms with van der Waals surface area (Å²) in [6, 6.07) is 0. The molecule has 0 spiro atoms. The number of nitrogens with one attached hydrogen (secondary N) is 1. The van der Waals surface area contributed by atoms with Gasteiger partial charge >= 0.3 is 0 Å². The highest BCUT2D eigenvalue weighted by molar-refractivity contribution is 5.80. The summed E-state index contributed by atoms with van der Waals surface area (Å²) in [6.07, 6.45) is 1.81. The molecule has 0 aliphatic rings. The molecule has 2 nitrogen and oxygen atoms in total. The maximum atomic E-state index is 10.9. The van der Waals surface area contributed by atoms with Gasteiger partial charge in [0.15, 0.2) is 0 Å². The molecule has 0 aliphatic carbocycles. The third-order valence-electron chi connectivity index (χ3n) is 1.65. The van der Waals surface area contributed by atoms with Crippen LogP contribution in [0.2, 0.25) is 0 Å². The average molecular weight is 143 g/mol. The van der Waals surface area contributed by atoms with E-state index in [9.17, 15) is 4.79 Å². The Morgan fingerprint density at radius 3 is 2.60 bits per heavy atom. The fourth-order valence-electron chi connectivity index (χ4n) is 0.802. The van der Waals surface area contributed by atoms with Gasteiger partial charge in [-0.2, -0.15) is 0 Å². The first kappa shape index (κ1) is 9.63. The topological polar surface area (TPSA) is 29.1 Å². The Hall–Kier alpha value is -0.370. The second-order valence-corrected chi connectivity index (χ2v) is 2.79. The van der Waals surface area contributed by atoms with E-state index >= 15 is 0 Å². The molecule has 60 valence electrons. The van der Waals surface area contributed by atoms with Crippen molar-refractivity contribution in [3.63, 3.8) is 0 Å². The van der Waals surface area contributed by atoms with Crippen molar-refractivity contribution in [3.8, 4) is 0 Å². The van der Waals surface area contributed by atoms with Crippen LogP contribution in [-0.2, 0) is 4.79 Å². The number of hydrogen-bond donors (Lipinski definition) is 1. The lowest BCUT2D eigenvalue weighted by atomic mass is 10.0. The number of likely N-dealkylation sites (N-methyl/N-ethyl adjacent to an activating group) is 1. The molecule has 0 aromatic carbocycles. The zero-order valence-corrected chi connectivity index (χ0v) is 7.11. The van der Waals surface area contributed by atoms with Gasteiger partial charge in [-0.05, 0) is 13.0 Å². The van der Waals surface area contributed by atoms with Gasteiger partial charge < -0.3 is 5.32 Å². The van der Waals surface area contributed by atoms with Crippen molar-refractivity contribution >= 4 is 5.78 Å². The third kappa shape index (κ3) is 4.50. The van der Waals surface area contributed by atoms with E-state index in [-0.39, 0.29) is 0 Å². The van der Waals surface area contributed by atoms with Crippen molar-refractivity contribution in [2.24, 2.45) is 5.92 Å². The number of carbonyl (C=O) groups excluding carboxylic acids is 1. The number of rotatable bonds is 5. The van der Waals surface area contributed by atoms with Crippen LogP contribution in [0.3, 0.4) is 0 Å². The Balaban J connectivity index is 3.37. The first-order valence-electron chi connectivity index (χ1n) is 3.87. The molecule has 0 aromatic rings. The summed E-state index contributed by atoms with van der Waals surface area (Å²) in [5.74, 6) is 0.859. The maximum Gasteiger partial charge on any atom is 0.146 e. The lowest BCUT2D eigenvalue weighted by Gasteiger charge is -2.05. The fraction of sp³-hybridized carbons (Fsp3) is 0.875. The average Bonchev–Trinajstić information content (AvgIpc) is 1.88. The van der Waals surface area contributed by atoms with Gasteiger partial charge in [-0.3, -0.25) is 4.79 Å². The zero-order chi connectivity index (χ0) is 7.98. The van der Waals surface area contributed by atoms with Crippen LogP contribution < -0.4 is 5.32 Å². The predicted molar refractivity (Wildman–Crippen MR) is 43.0 cm³/mol. The Bertz CT molecular complexity index is 101. The SMILES string of the molecule is CCC(C)CC(=O)CNC. The molecule has 0 aliphatic heterocycles. The summed E-state index contributed by atoms with van der Waals surface area (Å²) in [5, 5.41) is 2.85. The van der Waals surface area contributed by atoms with Crippen molar-refractivity contribution in [1.29, 1.82) is 0 Å². The lowest BCUT2D eigenvalue weighted by molar-refractivity contribution is -0.118. The highest BCUT2D eigenvalue weighted by atomic mass is 16.1. The van der Waals surface area contributed by atoms with E-state index in [1.165, 1.54) is 0 Å². The molecule has 1 unspecified atom stereocenters. The molecule has 1 N–H and O–H groups in total. The van der Waals surface area contributed by atoms with Crippen LogP contribution in [0.4, 0.5) is 0 Å². The summed E-state index contributed by atoms with van der Waals surface area (Å²) < 4.78 is 0. The van der Waals surface area contributed by atoms with Gasteiger partial charge in [0, 0.05) is 6.42 Å². The van der Waals surface area contributed by atoms with Gasteiger partial charge in [-0.15, -0.1) is 0 Å². The zero-order valence-electron chi connectivity index (χ0n) is 7.11. The summed E-state index contributed by atoms with van der Waals surface area (Å²) >= 11 is 0. The van der Waals surface area contributed by atoms with Crippen LogP contribution in [0.15, 0.2) is 0 Å². The molecule has 0 amide bonds. The monoisotopic (exact) mass is 143 g/mol. The number of carbonyl (C=O) groups is 1. The van der Waals surface area contributed by atoms with Gasteiger partial charge in [-0.25, -0.2) is 0 Å². The van der Waals surface area contributed by atoms with E-state index in [1.807, 2.05) is 0 Å². The van der Waals surface area contributed by atoms with Crippen molar-refractivity contribution in [3.05, 3.63) is 0 Å². The number of hydrogen-bond acceptors (Lipinski definition) is 2. The van der Waals surface area contributed by atoms with Crippen molar-refractivity contribution in [2.75, 3.05) is 13.6 Å². The van der Waals surface area contributed by atoms with Crippen LogP contribution in [0.5, 0.6) is 0 Å². The molecule has 0 radical (unpaired) electrons. The first-order chi connectivity index (χ1) is 4.70. The van der Waals surface area contributed by atoms with E-state index in [2.05, 4.69) is 19.2 Å². The Morgan fingerprint density at radius 1 is 1.60 bits per heavy atom. The minimum absolute atomic E-state index is 0.317. The van der Waals surface area contributed by atoms with Gasteiger partial charge in [-0.1, -0.05) is 20.3 Å². The van der Waals surface area contributed by atoms with Crippen LogP contribution in [0.1, 0.15) is 26.7 Å². The summed E-state index contributed by atoms with van der Waals surface area (Å²) in [7, 11) is 1.80. The highest BCUT2D eigenvalue weighted by Crippen LogP contribution is 2.05. The van der Waals surface area contributed by atoms with Gasteiger partial charge in [0.1, 0.15) is 5.78 Å². The molecular formula is C8H17NO.